The summed E-state index contributed by atoms with van der Waals surface area (Å²) >= 11 is 0. The molecule has 1 heterocycles. The number of aliphatic hydroxyl groups is 3. The highest BCUT2D eigenvalue weighted by atomic mass is 16.5. The Balaban J connectivity index is 0.914. The van der Waals surface area contributed by atoms with Gasteiger partial charge in [-0.25, -0.2) is 0 Å². The Morgan fingerprint density at radius 1 is 0.569 bits per heavy atom. The van der Waals surface area contributed by atoms with E-state index in [0.717, 1.165) is 185 Å². The van der Waals surface area contributed by atoms with Gasteiger partial charge in [0.05, 0.1) is 25.4 Å². The van der Waals surface area contributed by atoms with E-state index in [1.165, 1.54) is 103 Å². The van der Waals surface area contributed by atoms with E-state index in [4.69, 9.17) is 14.2 Å². The number of ether oxygens (including phenoxy) is 3. The molecule has 7 rings (SSSR count). The smallest absolute Gasteiger partial charge is 0.306 e. The van der Waals surface area contributed by atoms with Crippen molar-refractivity contribution in [3.05, 3.63) is 95.7 Å². The number of unbranched alkanes of at least 4 members (excludes halogenated alkanes) is 11. The van der Waals surface area contributed by atoms with Gasteiger partial charge in [0.1, 0.15) is 13.2 Å². The highest BCUT2D eigenvalue weighted by Crippen LogP contribution is 2.70. The number of cyclic esters (lactones) is 2. The Morgan fingerprint density at radius 3 is 1.94 bits per heavy atom. The molecule has 0 amide bonds. The fourth-order valence-corrected chi connectivity index (χ4v) is 21.8. The fourth-order valence-electron chi connectivity index (χ4n) is 21.8. The van der Waals surface area contributed by atoms with Crippen molar-refractivity contribution in [2.24, 2.45) is 68.0 Å². The normalized spacial score (nSPS) is 32.6. The molecule has 3 N–H and O–H groups in total. The molecule has 1 aliphatic heterocycles. The van der Waals surface area contributed by atoms with Gasteiger partial charge in [-0.05, 0) is 261 Å². The highest BCUT2D eigenvalue weighted by Gasteiger charge is 2.65. The zero-order chi connectivity index (χ0) is 73.2. The predicted octanol–water partition coefficient (Wildman–Crippen LogP) is 24.5. The van der Waals surface area contributed by atoms with Crippen molar-refractivity contribution < 1.29 is 43.9 Å². The molecule has 0 saturated heterocycles. The minimum Gasteiger partial charge on any atom is -0.465 e. The molecule has 12 unspecified atom stereocenters. The zero-order valence-electron chi connectivity index (χ0n) is 66.7. The van der Waals surface area contributed by atoms with Crippen LogP contribution in [0.15, 0.2) is 95.7 Å². The first-order chi connectivity index (χ1) is 49.3. The van der Waals surface area contributed by atoms with Gasteiger partial charge in [0.25, 0.3) is 0 Å². The number of rotatable bonds is 25. The van der Waals surface area contributed by atoms with Crippen molar-refractivity contribution in [1.29, 1.82) is 0 Å². The first kappa shape index (κ1) is 85.5. The summed E-state index contributed by atoms with van der Waals surface area (Å²) in [4.78, 5) is 40.4. The van der Waals surface area contributed by atoms with Crippen LogP contribution in [-0.4, -0.2) is 71.9 Å². The largest absolute Gasteiger partial charge is 0.465 e. The second-order valence-corrected chi connectivity index (χ2v) is 35.7. The number of carbonyl (C=O) groups excluding carboxylic acids is 3. The summed E-state index contributed by atoms with van der Waals surface area (Å²) < 4.78 is 18.4. The van der Waals surface area contributed by atoms with Gasteiger partial charge in [0.2, 0.25) is 0 Å². The number of hydrogen-bond acceptors (Lipinski definition) is 9. The second-order valence-electron chi connectivity index (χ2n) is 35.7. The molecule has 0 aromatic carbocycles. The molecule has 4 saturated carbocycles. The van der Waals surface area contributed by atoms with Crippen LogP contribution in [0.2, 0.25) is 0 Å². The molecule has 7 aliphatic rings. The Hall–Kier alpha value is -3.79. The lowest BCUT2D eigenvalue weighted by molar-refractivity contribution is -0.199. The third-order valence-corrected chi connectivity index (χ3v) is 27.8. The van der Waals surface area contributed by atoms with E-state index >= 15 is 0 Å². The molecule has 0 radical (unpaired) electrons. The van der Waals surface area contributed by atoms with Crippen LogP contribution in [0.3, 0.4) is 0 Å². The molecule has 12 atom stereocenters. The molecule has 0 aromatic rings. The first-order valence-electron chi connectivity index (χ1n) is 43.0. The third kappa shape index (κ3) is 25.2. The lowest BCUT2D eigenvalue weighted by Crippen LogP contribution is -2.61. The molecule has 9 nitrogen and oxygen atoms in total. The number of hydrogen-bond donors (Lipinski definition) is 3. The van der Waals surface area contributed by atoms with Gasteiger partial charge in [-0.2, -0.15) is 0 Å². The Kier molecular flexibility index (Phi) is 37.3. The first-order valence-corrected chi connectivity index (χ1v) is 43.0. The summed E-state index contributed by atoms with van der Waals surface area (Å²) in [5.41, 5.74) is 2.73. The average molecular weight is 1410 g/mol. The van der Waals surface area contributed by atoms with Gasteiger partial charge in [0.15, 0.2) is 0 Å². The Bertz CT molecular complexity index is 2720. The van der Waals surface area contributed by atoms with Crippen LogP contribution in [0, 0.1) is 68.0 Å². The molecule has 4 fully saturated rings. The maximum atomic E-state index is 13.8. The molecule has 0 aromatic heterocycles. The third-order valence-electron chi connectivity index (χ3n) is 27.8. The quantitative estimate of drug-likeness (QED) is 0.0353. The van der Waals surface area contributed by atoms with Crippen molar-refractivity contribution in [2.45, 2.75) is 376 Å². The number of allylic oxidation sites excluding steroid dienone is 14. The Labute approximate surface area is 624 Å². The van der Waals surface area contributed by atoms with Crippen LogP contribution in [0.1, 0.15) is 364 Å². The molecule has 578 valence electrons. The zero-order valence-corrected chi connectivity index (χ0v) is 66.7. The Morgan fingerprint density at radius 2 is 1.20 bits per heavy atom. The summed E-state index contributed by atoms with van der Waals surface area (Å²) in [6.07, 6.45) is 78.5. The van der Waals surface area contributed by atoms with Crippen molar-refractivity contribution in [3.63, 3.8) is 0 Å². The van der Waals surface area contributed by atoms with E-state index in [-0.39, 0.29) is 77.8 Å². The summed E-state index contributed by atoms with van der Waals surface area (Å²) in [7, 11) is 0. The lowest BCUT2D eigenvalue weighted by Gasteiger charge is -2.65. The van der Waals surface area contributed by atoms with Crippen molar-refractivity contribution >= 4 is 17.9 Å². The summed E-state index contributed by atoms with van der Waals surface area (Å²) in [5, 5.41) is 35.6. The molecule has 2 bridgehead atoms. The van der Waals surface area contributed by atoms with Crippen molar-refractivity contribution in [1.82, 2.24) is 0 Å². The highest BCUT2D eigenvalue weighted by molar-refractivity contribution is 5.70. The fraction of sp³-hybridized carbons (Fsp3) is 0.796. The predicted molar refractivity (Wildman–Crippen MR) is 424 cm³/mol. The topological polar surface area (TPSA) is 140 Å². The van der Waals surface area contributed by atoms with Gasteiger partial charge in [-0.15, -0.1) is 0 Å². The van der Waals surface area contributed by atoms with E-state index in [1.807, 2.05) is 0 Å². The molecule has 6 aliphatic carbocycles. The van der Waals surface area contributed by atoms with Crippen LogP contribution in [0.4, 0.5) is 0 Å². The van der Waals surface area contributed by atoms with Gasteiger partial charge >= 0.3 is 17.9 Å². The van der Waals surface area contributed by atoms with E-state index in [9.17, 15) is 29.7 Å². The number of aliphatic hydroxyl groups excluding tert-OH is 3. The molecule has 9 heteroatoms. The van der Waals surface area contributed by atoms with E-state index in [0.29, 0.717) is 55.8 Å². The SMILES string of the molecule is CCCCCC=CCC=CC1CCCCC=CCC=CCCCCCCCC(=O)OCC23CCC4C(C)(C)C(C(=CCCCCC)CC=CCCCCCCCC(=O)OCC5=CCC6C7(C)CCCC(C)(C)C7CCC6(CO)C(O)C5)CCC4(C)C2CC=C(COC(=O)CCCCCC1)CC3O. The minimum absolute atomic E-state index is 0.00283. The van der Waals surface area contributed by atoms with Crippen LogP contribution >= 0.6 is 0 Å². The maximum Gasteiger partial charge on any atom is 0.306 e. The summed E-state index contributed by atoms with van der Waals surface area (Å²) in [6.45, 7) is 20.2. The van der Waals surface area contributed by atoms with Crippen LogP contribution < -0.4 is 0 Å². The minimum atomic E-state index is -0.718. The summed E-state index contributed by atoms with van der Waals surface area (Å²) in [6, 6.07) is 0. The van der Waals surface area contributed by atoms with E-state index in [1.54, 1.807) is 5.57 Å². The molecule has 1 spiro atoms. The van der Waals surface area contributed by atoms with Gasteiger partial charge < -0.3 is 29.5 Å². The number of carbonyl (C=O) groups is 3. The molecule has 102 heavy (non-hydrogen) atoms. The lowest BCUT2D eigenvalue weighted by atomic mass is 9.40. The van der Waals surface area contributed by atoms with E-state index in [2.05, 4.69) is 134 Å². The maximum absolute atomic E-state index is 13.8. The molecular weight excluding hydrogens is 1260 g/mol. The van der Waals surface area contributed by atoms with Crippen molar-refractivity contribution in [3.8, 4) is 0 Å². The van der Waals surface area contributed by atoms with Gasteiger partial charge in [-0.1, -0.05) is 236 Å². The van der Waals surface area contributed by atoms with Crippen molar-refractivity contribution in [2.75, 3.05) is 26.4 Å². The average Bonchev–Trinajstić information content (AvgIpc) is 1.06. The monoisotopic (exact) mass is 1410 g/mol. The van der Waals surface area contributed by atoms with E-state index < -0.39 is 23.0 Å². The second kappa shape index (κ2) is 44.5. The molecular formula is C93H152O9. The van der Waals surface area contributed by atoms with Gasteiger partial charge in [0, 0.05) is 30.1 Å². The standard InChI is InChI=1S/C93H152O9/c1-9-11-13-15-16-27-32-39-48-74-49-40-33-28-23-21-19-17-18-20-22-24-30-36-45-55-87(99)102-73-93-67-62-80-89(5,6)78(60-65-91(80,8)82(93)59-57-76(69-84(93)96)71-101-86(98)54-46-38-37-41-50-74)77(51-42-14-12-10-2)52-43-34-29-25-26-31-35-44-53-85(97)100-70-75-56-58-81-90(7)64-47-63-88(3,4)79(90)61-66-92(81,72-94)83(95)68-75/h16-18,21,23,27,34,39,43,48,51,56-57,74,78-84,94-96H,9-15,19-20,22,24-26,28-33,35-38,40-42,44-47,49-50,52-55,58-73H2,1-8H3. The van der Waals surface area contributed by atoms with Gasteiger partial charge in [-0.3, -0.25) is 14.4 Å². The number of fused-ring (bicyclic) bond motifs is 7. The van der Waals surface area contributed by atoms with Crippen LogP contribution in [0.5, 0.6) is 0 Å². The van der Waals surface area contributed by atoms with Crippen LogP contribution in [0.25, 0.3) is 0 Å². The summed E-state index contributed by atoms with van der Waals surface area (Å²) in [5.74, 6) is 1.91. The number of esters is 3. The van der Waals surface area contributed by atoms with Crippen LogP contribution in [-0.2, 0) is 28.6 Å².